The maximum absolute atomic E-state index is 12.4. The molecule has 7 heteroatoms. The van der Waals surface area contributed by atoms with Crippen LogP contribution in [-0.4, -0.2) is 25.1 Å². The monoisotopic (exact) mass is 224 g/mol. The number of rotatable bonds is 4. The summed E-state index contributed by atoms with van der Waals surface area (Å²) in [5.41, 5.74) is 0. The molecule has 0 aliphatic rings. The maximum atomic E-state index is 12.4. The van der Waals surface area contributed by atoms with Gasteiger partial charge in [0.15, 0.2) is 0 Å². The van der Waals surface area contributed by atoms with Crippen LogP contribution in [-0.2, 0) is 4.74 Å². The Morgan fingerprint density at radius 3 is 1.79 bits per heavy atom. The van der Waals surface area contributed by atoms with Crippen molar-refractivity contribution in [1.82, 2.24) is 0 Å². The molecule has 0 aromatic carbocycles. The van der Waals surface area contributed by atoms with Crippen molar-refractivity contribution in [2.45, 2.75) is 32.3 Å². The average Bonchev–Trinajstić information content (AvgIpc) is 1.98. The Bertz CT molecular complexity index is 176. The van der Waals surface area contributed by atoms with Crippen molar-refractivity contribution in [1.29, 1.82) is 0 Å². The molecule has 0 radical (unpaired) electrons. The van der Waals surface area contributed by atoms with E-state index in [2.05, 4.69) is 4.74 Å². The highest BCUT2D eigenvalue weighted by Crippen LogP contribution is 2.35. The number of hydrogen-bond acceptors (Lipinski definition) is 1. The van der Waals surface area contributed by atoms with E-state index in [0.717, 1.165) is 0 Å². The summed E-state index contributed by atoms with van der Waals surface area (Å²) in [5, 5.41) is 0. The fraction of sp³-hybridized carbons (Fsp3) is 1.00. The minimum absolute atomic E-state index is 0.402. The van der Waals surface area contributed by atoms with Crippen LogP contribution >= 0.6 is 0 Å². The largest absolute Gasteiger partial charge is 0.428 e. The van der Waals surface area contributed by atoms with Gasteiger partial charge in [-0.15, -0.1) is 0 Å². The van der Waals surface area contributed by atoms with Crippen molar-refractivity contribution >= 4 is 0 Å². The predicted molar refractivity (Wildman–Crippen MR) is 36.7 cm³/mol. The normalized spacial score (nSPS) is 16.1. The first kappa shape index (κ1) is 13.5. The van der Waals surface area contributed by atoms with Crippen LogP contribution in [0.1, 0.15) is 13.8 Å². The number of halogens is 6. The molecular weight excluding hydrogens is 214 g/mol. The Kier molecular flexibility index (Phi) is 4.23. The first-order chi connectivity index (χ1) is 6.07. The number of hydrogen-bond donors (Lipinski definition) is 0. The summed E-state index contributed by atoms with van der Waals surface area (Å²) >= 11 is 0. The fourth-order valence-corrected chi connectivity index (χ4v) is 0.541. The van der Waals surface area contributed by atoms with E-state index in [1.807, 2.05) is 0 Å². The highest BCUT2D eigenvalue weighted by molar-refractivity contribution is 4.75. The van der Waals surface area contributed by atoms with E-state index in [0.29, 0.717) is 0 Å². The lowest BCUT2D eigenvalue weighted by Gasteiger charge is -2.23. The topological polar surface area (TPSA) is 9.23 Å². The molecule has 1 nitrogen and oxygen atoms in total. The van der Waals surface area contributed by atoms with Crippen LogP contribution in [0.4, 0.5) is 26.3 Å². The summed E-state index contributed by atoms with van der Waals surface area (Å²) in [6.45, 7) is 2.28. The third kappa shape index (κ3) is 4.17. The molecule has 0 bridgehead atoms. The van der Waals surface area contributed by atoms with Crippen molar-refractivity contribution < 1.29 is 31.1 Å². The van der Waals surface area contributed by atoms with Gasteiger partial charge in [-0.3, -0.25) is 0 Å². The molecule has 1 unspecified atom stereocenters. The summed E-state index contributed by atoms with van der Waals surface area (Å²) in [7, 11) is 0. The van der Waals surface area contributed by atoms with E-state index >= 15 is 0 Å². The molecule has 1 atom stereocenters. The lowest BCUT2D eigenvalue weighted by Crippen LogP contribution is -2.44. The van der Waals surface area contributed by atoms with Crippen LogP contribution in [0, 0.1) is 5.92 Å². The van der Waals surface area contributed by atoms with Crippen LogP contribution in [0.25, 0.3) is 0 Å². The van der Waals surface area contributed by atoms with Crippen molar-refractivity contribution in [3.63, 3.8) is 0 Å². The molecular formula is C7H10F6O. The zero-order valence-corrected chi connectivity index (χ0v) is 7.54. The molecule has 0 amide bonds. The Morgan fingerprint density at radius 1 is 1.07 bits per heavy atom. The van der Waals surface area contributed by atoms with E-state index in [1.165, 1.54) is 13.8 Å². The zero-order valence-electron chi connectivity index (χ0n) is 7.54. The Hall–Kier alpha value is -0.460. The Morgan fingerprint density at radius 2 is 1.50 bits per heavy atom. The van der Waals surface area contributed by atoms with Gasteiger partial charge in [-0.25, -0.2) is 4.39 Å². The Balaban J connectivity index is 4.31. The van der Waals surface area contributed by atoms with Crippen LogP contribution in [0.2, 0.25) is 0 Å². The Labute approximate surface area is 77.0 Å². The standard InChI is InChI=1S/C7H10F6O/c1-4(2)3-14-7(12,13)5(8)6(9,10)11/h4-5H,3H2,1-2H3. The van der Waals surface area contributed by atoms with Gasteiger partial charge in [-0.2, -0.15) is 22.0 Å². The zero-order chi connectivity index (χ0) is 11.6. The molecule has 0 aliphatic heterocycles. The van der Waals surface area contributed by atoms with Crippen molar-refractivity contribution in [2.24, 2.45) is 5.92 Å². The van der Waals surface area contributed by atoms with Crippen molar-refractivity contribution in [2.75, 3.05) is 6.61 Å². The van der Waals surface area contributed by atoms with Gasteiger partial charge in [0.2, 0.25) is 0 Å². The van der Waals surface area contributed by atoms with Gasteiger partial charge < -0.3 is 4.74 Å². The minimum atomic E-state index is -5.61. The van der Waals surface area contributed by atoms with Crippen LogP contribution in [0.3, 0.4) is 0 Å². The van der Waals surface area contributed by atoms with Crippen molar-refractivity contribution in [3.8, 4) is 0 Å². The second-order valence-corrected chi connectivity index (χ2v) is 3.17. The van der Waals surface area contributed by atoms with Gasteiger partial charge in [0, 0.05) is 0 Å². The fourth-order valence-electron chi connectivity index (χ4n) is 0.541. The molecule has 0 N–H and O–H groups in total. The summed E-state index contributed by atoms with van der Waals surface area (Å²) in [6, 6.07) is 0. The summed E-state index contributed by atoms with van der Waals surface area (Å²) in [5.74, 6) is -0.402. The van der Waals surface area contributed by atoms with Crippen LogP contribution < -0.4 is 0 Å². The van der Waals surface area contributed by atoms with Crippen LogP contribution in [0.15, 0.2) is 0 Å². The molecule has 0 saturated heterocycles. The van der Waals surface area contributed by atoms with E-state index in [4.69, 9.17) is 0 Å². The SMILES string of the molecule is CC(C)COC(F)(F)C(F)C(F)(F)F. The highest BCUT2D eigenvalue weighted by atomic mass is 19.4. The van der Waals surface area contributed by atoms with E-state index < -0.39 is 31.0 Å². The molecule has 14 heavy (non-hydrogen) atoms. The molecule has 0 saturated carbocycles. The van der Waals surface area contributed by atoms with Gasteiger partial charge in [-0.05, 0) is 5.92 Å². The molecule has 0 aliphatic carbocycles. The van der Waals surface area contributed by atoms with Gasteiger partial charge in [0.05, 0.1) is 6.61 Å². The summed E-state index contributed by atoms with van der Waals surface area (Å²) in [4.78, 5) is 0. The average molecular weight is 224 g/mol. The summed E-state index contributed by atoms with van der Waals surface area (Å²) in [6.07, 6.45) is -14.7. The predicted octanol–water partition coefficient (Wildman–Crippen LogP) is 3.15. The summed E-state index contributed by atoms with van der Waals surface area (Å²) < 4.78 is 75.0. The molecule has 0 aromatic heterocycles. The molecule has 0 fully saturated rings. The third-order valence-corrected chi connectivity index (χ3v) is 1.19. The quantitative estimate of drug-likeness (QED) is 0.666. The molecule has 0 heterocycles. The van der Waals surface area contributed by atoms with Crippen molar-refractivity contribution in [3.05, 3.63) is 0 Å². The van der Waals surface area contributed by atoms with Gasteiger partial charge in [0.1, 0.15) is 0 Å². The first-order valence-electron chi connectivity index (χ1n) is 3.80. The van der Waals surface area contributed by atoms with Gasteiger partial charge >= 0.3 is 12.3 Å². The smallest absolute Gasteiger partial charge is 0.318 e. The van der Waals surface area contributed by atoms with Crippen LogP contribution in [0.5, 0.6) is 0 Å². The lowest BCUT2D eigenvalue weighted by molar-refractivity contribution is -0.337. The lowest BCUT2D eigenvalue weighted by atomic mass is 10.2. The third-order valence-electron chi connectivity index (χ3n) is 1.19. The molecule has 0 rings (SSSR count). The number of ether oxygens (including phenoxy) is 1. The van der Waals surface area contributed by atoms with Gasteiger partial charge in [0.25, 0.3) is 6.17 Å². The van der Waals surface area contributed by atoms with E-state index in [1.54, 1.807) is 0 Å². The highest BCUT2D eigenvalue weighted by Gasteiger charge is 2.58. The molecule has 86 valence electrons. The minimum Gasteiger partial charge on any atom is -0.318 e. The number of alkyl halides is 6. The van der Waals surface area contributed by atoms with Gasteiger partial charge in [-0.1, -0.05) is 13.8 Å². The maximum Gasteiger partial charge on any atom is 0.428 e. The van der Waals surface area contributed by atoms with E-state index in [-0.39, 0.29) is 0 Å². The second kappa shape index (κ2) is 4.37. The van der Waals surface area contributed by atoms with E-state index in [9.17, 15) is 26.3 Å². The molecule has 0 spiro atoms. The second-order valence-electron chi connectivity index (χ2n) is 3.17. The first-order valence-corrected chi connectivity index (χ1v) is 3.80. The molecule has 0 aromatic rings.